The Morgan fingerprint density at radius 2 is 1.88 bits per heavy atom. The van der Waals surface area contributed by atoms with Gasteiger partial charge in [0.15, 0.2) is 5.43 Å². The molecule has 0 spiro atoms. The van der Waals surface area contributed by atoms with Crippen LogP contribution in [0, 0.1) is 13.8 Å². The summed E-state index contributed by atoms with van der Waals surface area (Å²) in [5, 5.41) is 8.65. The lowest BCUT2D eigenvalue weighted by molar-refractivity contribution is 0.296. The van der Waals surface area contributed by atoms with Gasteiger partial charge in [-0.2, -0.15) is 11.8 Å². The lowest BCUT2D eigenvalue weighted by Gasteiger charge is -2.13. The van der Waals surface area contributed by atoms with Crippen LogP contribution in [0.15, 0.2) is 16.9 Å². The second kappa shape index (κ2) is 6.76. The summed E-state index contributed by atoms with van der Waals surface area (Å²) in [6, 6.07) is 3.34. The van der Waals surface area contributed by atoms with Gasteiger partial charge in [-0.1, -0.05) is 0 Å². The number of nitrogens with zero attached hydrogens (tertiary/aromatic N) is 1. The molecule has 0 radical (unpaired) electrons. The summed E-state index contributed by atoms with van der Waals surface area (Å²) in [4.78, 5) is 11.2. The van der Waals surface area contributed by atoms with E-state index in [1.807, 2.05) is 25.6 Å². The normalized spacial score (nSPS) is 10.7. The van der Waals surface area contributed by atoms with Crippen LogP contribution in [-0.4, -0.2) is 27.8 Å². The van der Waals surface area contributed by atoms with Gasteiger partial charge in [0, 0.05) is 42.4 Å². The van der Waals surface area contributed by atoms with Crippen molar-refractivity contribution in [2.24, 2.45) is 0 Å². The van der Waals surface area contributed by atoms with Gasteiger partial charge in [0.25, 0.3) is 0 Å². The minimum atomic E-state index is 0.0826. The molecule has 16 heavy (non-hydrogen) atoms. The topological polar surface area (TPSA) is 42.2 Å². The SMILES string of the molecule is Cc1cc(=O)cc(C)n1CCSCCCO. The first kappa shape index (κ1) is 13.3. The summed E-state index contributed by atoms with van der Waals surface area (Å²) in [6.45, 7) is 5.12. The number of aryl methyl sites for hydroxylation is 2. The lowest BCUT2D eigenvalue weighted by atomic mass is 10.3. The fraction of sp³-hybridized carbons (Fsp3) is 0.583. The molecule has 1 N–H and O–H groups in total. The summed E-state index contributed by atoms with van der Waals surface area (Å²) in [5.74, 6) is 2.01. The van der Waals surface area contributed by atoms with E-state index in [1.165, 1.54) is 0 Å². The first-order chi connectivity index (χ1) is 7.65. The standard InChI is InChI=1S/C12H19NO2S/c1-10-8-12(15)9-11(2)13(10)4-7-16-6-3-5-14/h8-9,14H,3-7H2,1-2H3. The Hall–Kier alpha value is -0.740. The number of thioether (sulfide) groups is 1. The van der Waals surface area contributed by atoms with Gasteiger partial charge in [0.2, 0.25) is 0 Å². The minimum absolute atomic E-state index is 0.0826. The monoisotopic (exact) mass is 241 g/mol. The highest BCUT2D eigenvalue weighted by Gasteiger charge is 2.00. The van der Waals surface area contributed by atoms with Gasteiger partial charge >= 0.3 is 0 Å². The van der Waals surface area contributed by atoms with Crippen molar-refractivity contribution in [3.05, 3.63) is 33.7 Å². The molecule has 1 aromatic rings. The highest BCUT2D eigenvalue weighted by molar-refractivity contribution is 7.99. The van der Waals surface area contributed by atoms with Crippen molar-refractivity contribution < 1.29 is 5.11 Å². The van der Waals surface area contributed by atoms with Crippen LogP contribution in [0.5, 0.6) is 0 Å². The van der Waals surface area contributed by atoms with E-state index >= 15 is 0 Å². The largest absolute Gasteiger partial charge is 0.396 e. The molecular weight excluding hydrogens is 222 g/mol. The Morgan fingerprint density at radius 1 is 1.25 bits per heavy atom. The van der Waals surface area contributed by atoms with Crippen molar-refractivity contribution in [2.75, 3.05) is 18.1 Å². The summed E-state index contributed by atoms with van der Waals surface area (Å²) >= 11 is 1.84. The highest BCUT2D eigenvalue weighted by Crippen LogP contribution is 2.07. The maximum Gasteiger partial charge on any atom is 0.182 e. The van der Waals surface area contributed by atoms with E-state index in [2.05, 4.69) is 4.57 Å². The maximum atomic E-state index is 11.2. The predicted molar refractivity (Wildman–Crippen MR) is 69.2 cm³/mol. The van der Waals surface area contributed by atoms with Crippen LogP contribution >= 0.6 is 11.8 Å². The number of hydrogen-bond acceptors (Lipinski definition) is 3. The molecule has 0 atom stereocenters. The van der Waals surface area contributed by atoms with Crippen molar-refractivity contribution >= 4 is 11.8 Å². The number of aliphatic hydroxyl groups is 1. The third-order valence-corrected chi connectivity index (χ3v) is 3.51. The number of aromatic nitrogens is 1. The van der Waals surface area contributed by atoms with Gasteiger partial charge < -0.3 is 9.67 Å². The zero-order valence-electron chi connectivity index (χ0n) is 9.90. The Labute approximate surface area is 100 Å². The third kappa shape index (κ3) is 4.02. The molecular formula is C12H19NO2S. The first-order valence-corrected chi connectivity index (χ1v) is 6.67. The molecule has 0 aliphatic carbocycles. The smallest absolute Gasteiger partial charge is 0.182 e. The van der Waals surface area contributed by atoms with E-state index in [0.717, 1.165) is 35.9 Å². The zero-order valence-corrected chi connectivity index (χ0v) is 10.7. The van der Waals surface area contributed by atoms with E-state index in [-0.39, 0.29) is 12.0 Å². The Morgan fingerprint density at radius 3 is 2.44 bits per heavy atom. The van der Waals surface area contributed by atoms with Crippen molar-refractivity contribution in [1.82, 2.24) is 4.57 Å². The van der Waals surface area contributed by atoms with Crippen LogP contribution in [0.2, 0.25) is 0 Å². The number of aliphatic hydroxyl groups excluding tert-OH is 1. The molecule has 1 heterocycles. The highest BCUT2D eigenvalue weighted by atomic mass is 32.2. The second-order valence-electron chi connectivity index (χ2n) is 3.81. The van der Waals surface area contributed by atoms with E-state index in [9.17, 15) is 4.79 Å². The van der Waals surface area contributed by atoms with Gasteiger partial charge in [0.1, 0.15) is 0 Å². The van der Waals surface area contributed by atoms with Gasteiger partial charge in [-0.15, -0.1) is 0 Å². The van der Waals surface area contributed by atoms with Gasteiger partial charge in [-0.25, -0.2) is 0 Å². The van der Waals surface area contributed by atoms with Crippen LogP contribution in [0.25, 0.3) is 0 Å². The van der Waals surface area contributed by atoms with Crippen molar-refractivity contribution in [3.63, 3.8) is 0 Å². The van der Waals surface area contributed by atoms with Gasteiger partial charge in [-0.3, -0.25) is 4.79 Å². The zero-order chi connectivity index (χ0) is 12.0. The average molecular weight is 241 g/mol. The first-order valence-electron chi connectivity index (χ1n) is 5.52. The Kier molecular flexibility index (Phi) is 5.63. The van der Waals surface area contributed by atoms with E-state index < -0.39 is 0 Å². The maximum absolute atomic E-state index is 11.2. The van der Waals surface area contributed by atoms with E-state index in [4.69, 9.17) is 5.11 Å². The molecule has 0 unspecified atom stereocenters. The predicted octanol–water partition coefficient (Wildman–Crippen LogP) is 1.58. The molecule has 0 saturated carbocycles. The molecule has 0 saturated heterocycles. The van der Waals surface area contributed by atoms with Crippen LogP contribution in [0.1, 0.15) is 17.8 Å². The molecule has 3 nitrogen and oxygen atoms in total. The van der Waals surface area contributed by atoms with Gasteiger partial charge in [-0.05, 0) is 26.0 Å². The van der Waals surface area contributed by atoms with Crippen LogP contribution in [0.3, 0.4) is 0 Å². The summed E-state index contributed by atoms with van der Waals surface area (Å²) < 4.78 is 2.16. The third-order valence-electron chi connectivity index (χ3n) is 2.46. The Bertz CT molecular complexity index is 361. The average Bonchev–Trinajstić information content (AvgIpc) is 2.20. The molecule has 0 amide bonds. The molecule has 90 valence electrons. The number of hydrogen-bond donors (Lipinski definition) is 1. The lowest BCUT2D eigenvalue weighted by Crippen LogP contribution is -2.14. The Balaban J connectivity index is 2.51. The second-order valence-corrected chi connectivity index (χ2v) is 5.04. The molecule has 1 aromatic heterocycles. The fourth-order valence-electron chi connectivity index (χ4n) is 1.66. The van der Waals surface area contributed by atoms with Gasteiger partial charge in [0.05, 0.1) is 0 Å². The molecule has 0 aliphatic rings. The molecule has 0 aliphatic heterocycles. The van der Waals surface area contributed by atoms with Crippen LogP contribution < -0.4 is 5.43 Å². The van der Waals surface area contributed by atoms with Crippen molar-refractivity contribution in [2.45, 2.75) is 26.8 Å². The molecule has 0 fully saturated rings. The summed E-state index contributed by atoms with van der Waals surface area (Å²) in [6.07, 6.45) is 0.854. The van der Waals surface area contributed by atoms with E-state index in [1.54, 1.807) is 12.1 Å². The summed E-state index contributed by atoms with van der Waals surface area (Å²) in [7, 11) is 0. The molecule has 4 heteroatoms. The van der Waals surface area contributed by atoms with E-state index in [0.29, 0.717) is 0 Å². The molecule has 0 bridgehead atoms. The van der Waals surface area contributed by atoms with Crippen molar-refractivity contribution in [3.8, 4) is 0 Å². The minimum Gasteiger partial charge on any atom is -0.396 e. The van der Waals surface area contributed by atoms with Crippen molar-refractivity contribution in [1.29, 1.82) is 0 Å². The van der Waals surface area contributed by atoms with Crippen LogP contribution in [-0.2, 0) is 6.54 Å². The number of pyridine rings is 1. The molecule has 1 rings (SSSR count). The quantitative estimate of drug-likeness (QED) is 0.769. The fourth-order valence-corrected chi connectivity index (χ4v) is 2.51. The van der Waals surface area contributed by atoms with Crippen LogP contribution in [0.4, 0.5) is 0 Å². The number of rotatable bonds is 6. The molecule has 0 aromatic carbocycles. The summed E-state index contributed by atoms with van der Waals surface area (Å²) in [5.41, 5.74) is 2.12.